The number of tetrazole rings is 1. The zero-order chi connectivity index (χ0) is 13.8. The second kappa shape index (κ2) is 5.92. The third-order valence-corrected chi connectivity index (χ3v) is 3.70. The molecule has 1 atom stereocenters. The lowest BCUT2D eigenvalue weighted by molar-refractivity contribution is 0.583. The van der Waals surface area contributed by atoms with Crippen LogP contribution in [-0.2, 0) is 17.3 Å². The van der Waals surface area contributed by atoms with Crippen molar-refractivity contribution >= 4 is 16.5 Å². The summed E-state index contributed by atoms with van der Waals surface area (Å²) < 4.78 is 12.8. The number of nitrogen functional groups attached to an aromatic ring is 1. The van der Waals surface area contributed by atoms with Crippen molar-refractivity contribution < 1.29 is 4.21 Å². The molecule has 1 aromatic carbocycles. The Morgan fingerprint density at radius 3 is 2.95 bits per heavy atom. The SMILES string of the molecule is Cc1ccc(N)cc1-c1nnnn1CCCS(C)=O. The van der Waals surface area contributed by atoms with E-state index in [1.165, 1.54) is 0 Å². The molecule has 1 unspecified atom stereocenters. The average Bonchev–Trinajstić information content (AvgIpc) is 2.80. The van der Waals surface area contributed by atoms with Crippen LogP contribution in [0.1, 0.15) is 12.0 Å². The molecule has 0 bridgehead atoms. The first-order chi connectivity index (χ1) is 9.08. The smallest absolute Gasteiger partial charge is 0.182 e. The molecule has 0 fully saturated rings. The maximum atomic E-state index is 11.1. The number of hydrogen-bond acceptors (Lipinski definition) is 5. The number of aromatic nitrogens is 4. The highest BCUT2D eigenvalue weighted by molar-refractivity contribution is 7.84. The molecule has 0 radical (unpaired) electrons. The molecule has 2 N–H and O–H groups in total. The molecule has 1 heterocycles. The van der Waals surface area contributed by atoms with E-state index in [-0.39, 0.29) is 0 Å². The van der Waals surface area contributed by atoms with E-state index in [4.69, 9.17) is 5.73 Å². The normalized spacial score (nSPS) is 12.5. The second-order valence-electron chi connectivity index (χ2n) is 4.43. The molecule has 0 saturated heterocycles. The van der Waals surface area contributed by atoms with E-state index in [0.29, 0.717) is 23.8 Å². The molecule has 0 aliphatic carbocycles. The van der Waals surface area contributed by atoms with Gasteiger partial charge in [0.2, 0.25) is 0 Å². The Kier molecular flexibility index (Phi) is 4.26. The van der Waals surface area contributed by atoms with Crippen LogP contribution in [0.2, 0.25) is 0 Å². The lowest BCUT2D eigenvalue weighted by Crippen LogP contribution is -2.07. The summed E-state index contributed by atoms with van der Waals surface area (Å²) in [4.78, 5) is 0. The number of rotatable bonds is 5. The predicted molar refractivity (Wildman–Crippen MR) is 76.0 cm³/mol. The van der Waals surface area contributed by atoms with Gasteiger partial charge in [-0.15, -0.1) is 5.10 Å². The van der Waals surface area contributed by atoms with Gasteiger partial charge in [-0.3, -0.25) is 4.21 Å². The van der Waals surface area contributed by atoms with Gasteiger partial charge in [-0.05, 0) is 41.5 Å². The third-order valence-electron chi connectivity index (χ3n) is 2.84. The zero-order valence-corrected chi connectivity index (χ0v) is 11.9. The third kappa shape index (κ3) is 3.37. The first kappa shape index (κ1) is 13.7. The lowest BCUT2D eigenvalue weighted by atomic mass is 10.1. The Balaban J connectivity index is 2.23. The topological polar surface area (TPSA) is 86.7 Å². The van der Waals surface area contributed by atoms with Gasteiger partial charge in [-0.2, -0.15) is 0 Å². The quantitative estimate of drug-likeness (QED) is 0.825. The average molecular weight is 279 g/mol. The molecule has 2 aromatic rings. The minimum absolute atomic E-state index is 0.648. The van der Waals surface area contributed by atoms with E-state index in [0.717, 1.165) is 17.5 Å². The van der Waals surface area contributed by atoms with Gasteiger partial charge < -0.3 is 5.73 Å². The molecule has 19 heavy (non-hydrogen) atoms. The summed E-state index contributed by atoms with van der Waals surface area (Å²) in [5.74, 6) is 1.35. The van der Waals surface area contributed by atoms with Crippen molar-refractivity contribution in [3.8, 4) is 11.4 Å². The predicted octanol–water partition coefficient (Wildman–Crippen LogP) is 0.999. The molecule has 0 saturated carbocycles. The molecule has 0 amide bonds. The highest BCUT2D eigenvalue weighted by atomic mass is 32.2. The van der Waals surface area contributed by atoms with Crippen molar-refractivity contribution in [2.24, 2.45) is 0 Å². The summed E-state index contributed by atoms with van der Waals surface area (Å²) in [6.07, 6.45) is 2.48. The fourth-order valence-corrected chi connectivity index (χ4v) is 2.38. The first-order valence-corrected chi connectivity index (χ1v) is 7.73. The van der Waals surface area contributed by atoms with Crippen molar-refractivity contribution in [1.29, 1.82) is 0 Å². The number of anilines is 1. The van der Waals surface area contributed by atoms with Crippen LogP contribution in [0.3, 0.4) is 0 Å². The Hall–Kier alpha value is -1.76. The van der Waals surface area contributed by atoms with Crippen LogP contribution in [0.5, 0.6) is 0 Å². The fourth-order valence-electron chi connectivity index (χ4n) is 1.85. The Bertz CT molecular complexity index is 596. The Labute approximate surface area is 114 Å². The monoisotopic (exact) mass is 279 g/mol. The minimum atomic E-state index is -0.788. The van der Waals surface area contributed by atoms with Crippen molar-refractivity contribution in [2.75, 3.05) is 17.7 Å². The summed E-state index contributed by atoms with van der Waals surface area (Å²) in [6, 6.07) is 5.67. The molecule has 0 aliphatic heterocycles. The van der Waals surface area contributed by atoms with E-state index in [2.05, 4.69) is 15.5 Å². The van der Waals surface area contributed by atoms with E-state index in [1.807, 2.05) is 25.1 Å². The maximum absolute atomic E-state index is 11.1. The maximum Gasteiger partial charge on any atom is 0.182 e. The lowest BCUT2D eigenvalue weighted by Gasteiger charge is -2.07. The molecule has 0 aliphatic rings. The number of hydrogen-bond donors (Lipinski definition) is 1. The summed E-state index contributed by atoms with van der Waals surface area (Å²) in [5.41, 5.74) is 8.50. The molecule has 102 valence electrons. The van der Waals surface area contributed by atoms with Gasteiger partial charge in [0.25, 0.3) is 0 Å². The van der Waals surface area contributed by atoms with Gasteiger partial charge in [-0.25, -0.2) is 4.68 Å². The first-order valence-electron chi connectivity index (χ1n) is 6.00. The van der Waals surface area contributed by atoms with Crippen LogP contribution in [-0.4, -0.2) is 36.4 Å². The van der Waals surface area contributed by atoms with E-state index >= 15 is 0 Å². The zero-order valence-electron chi connectivity index (χ0n) is 11.0. The van der Waals surface area contributed by atoms with Crippen LogP contribution in [0.25, 0.3) is 11.4 Å². The largest absolute Gasteiger partial charge is 0.399 e. The van der Waals surface area contributed by atoms with Crippen LogP contribution >= 0.6 is 0 Å². The minimum Gasteiger partial charge on any atom is -0.399 e. The van der Waals surface area contributed by atoms with Crippen molar-refractivity contribution in [1.82, 2.24) is 20.2 Å². The van der Waals surface area contributed by atoms with Crippen molar-refractivity contribution in [3.63, 3.8) is 0 Å². The van der Waals surface area contributed by atoms with E-state index in [1.54, 1.807) is 10.9 Å². The second-order valence-corrected chi connectivity index (χ2v) is 5.99. The van der Waals surface area contributed by atoms with Gasteiger partial charge in [0.15, 0.2) is 5.82 Å². The molecular weight excluding hydrogens is 262 g/mol. The van der Waals surface area contributed by atoms with Crippen LogP contribution in [0.15, 0.2) is 18.2 Å². The fraction of sp³-hybridized carbons (Fsp3) is 0.417. The molecular formula is C12H17N5OS. The van der Waals surface area contributed by atoms with Gasteiger partial charge in [0.1, 0.15) is 0 Å². The summed E-state index contributed by atoms with van der Waals surface area (Å²) in [5, 5.41) is 11.7. The van der Waals surface area contributed by atoms with Gasteiger partial charge in [-0.1, -0.05) is 6.07 Å². The standard InChI is InChI=1S/C12H17N5OS/c1-9-4-5-10(13)8-11(9)12-14-15-16-17(12)6-3-7-19(2)18/h4-5,8H,3,6-7,13H2,1-2H3. The summed E-state index contributed by atoms with van der Waals surface area (Å²) in [7, 11) is -0.788. The number of nitrogens with two attached hydrogens (primary N) is 1. The molecule has 6 nitrogen and oxygen atoms in total. The molecule has 1 aromatic heterocycles. The van der Waals surface area contributed by atoms with Crippen molar-refractivity contribution in [3.05, 3.63) is 23.8 Å². The van der Waals surface area contributed by atoms with Gasteiger partial charge in [0.05, 0.1) is 0 Å². The van der Waals surface area contributed by atoms with Crippen LogP contribution in [0, 0.1) is 6.92 Å². The molecule has 2 rings (SSSR count). The highest BCUT2D eigenvalue weighted by Gasteiger charge is 2.11. The molecule has 7 heteroatoms. The highest BCUT2D eigenvalue weighted by Crippen LogP contribution is 2.23. The summed E-state index contributed by atoms with van der Waals surface area (Å²) in [6.45, 7) is 2.64. The van der Waals surface area contributed by atoms with Crippen LogP contribution < -0.4 is 5.73 Å². The van der Waals surface area contributed by atoms with E-state index < -0.39 is 10.8 Å². The van der Waals surface area contributed by atoms with Crippen molar-refractivity contribution in [2.45, 2.75) is 19.9 Å². The number of aryl methyl sites for hydroxylation is 2. The van der Waals surface area contributed by atoms with Crippen LogP contribution in [0.4, 0.5) is 5.69 Å². The summed E-state index contributed by atoms with van der Waals surface area (Å²) >= 11 is 0. The van der Waals surface area contributed by atoms with Gasteiger partial charge >= 0.3 is 0 Å². The number of benzene rings is 1. The van der Waals surface area contributed by atoms with E-state index in [9.17, 15) is 4.21 Å². The Morgan fingerprint density at radius 1 is 1.42 bits per heavy atom. The Morgan fingerprint density at radius 2 is 2.21 bits per heavy atom. The number of nitrogens with zero attached hydrogens (tertiary/aromatic N) is 4. The molecule has 0 spiro atoms. The van der Waals surface area contributed by atoms with Gasteiger partial charge in [0, 0.05) is 40.6 Å².